The van der Waals surface area contributed by atoms with Crippen LogP contribution in [0.3, 0.4) is 0 Å². The van der Waals surface area contributed by atoms with Crippen molar-refractivity contribution in [2.45, 2.75) is 46.6 Å². The van der Waals surface area contributed by atoms with Crippen LogP contribution in [0.25, 0.3) is 0 Å². The zero-order chi connectivity index (χ0) is 28.2. The minimum absolute atomic E-state index is 0.00820. The highest BCUT2D eigenvalue weighted by Gasteiger charge is 2.31. The fourth-order valence-corrected chi connectivity index (χ4v) is 4.77. The summed E-state index contributed by atoms with van der Waals surface area (Å²) in [4.78, 5) is 29.8. The maximum absolute atomic E-state index is 13.7. The molecule has 0 unspecified atom stereocenters. The number of Topliss-reactive ketones (excluding diaryl/α,β-unsaturated/α-hetero) is 1. The normalized spacial score (nSPS) is 12.8. The second-order valence-corrected chi connectivity index (χ2v) is 10.3. The molecule has 38 heavy (non-hydrogen) atoms. The van der Waals surface area contributed by atoms with Gasteiger partial charge in [-0.05, 0) is 49.1 Å². The van der Waals surface area contributed by atoms with Crippen molar-refractivity contribution in [1.82, 2.24) is 10.2 Å². The summed E-state index contributed by atoms with van der Waals surface area (Å²) < 4.78 is 11.5. The number of anilines is 1. The standard InChI is InChI=1S/C29H40N4O5/c1-8-32(10-11-34)23-13-18(12-22(26(23)37-7)29(3,4)5)24(35)17-33-16-19-14-25(38-9-2)21(28(36)31-6)15-20(19)27(33)30/h12-15,30,34H,8-11,16-17H2,1-7H3,(H,31,36). The van der Waals surface area contributed by atoms with Crippen molar-refractivity contribution in [1.29, 1.82) is 5.41 Å². The maximum Gasteiger partial charge on any atom is 0.254 e. The first kappa shape index (κ1) is 29.0. The molecule has 9 nitrogen and oxygen atoms in total. The van der Waals surface area contributed by atoms with Gasteiger partial charge in [-0.2, -0.15) is 0 Å². The van der Waals surface area contributed by atoms with E-state index in [2.05, 4.69) is 26.1 Å². The fourth-order valence-electron chi connectivity index (χ4n) is 4.77. The van der Waals surface area contributed by atoms with Crippen LogP contribution in [-0.2, 0) is 12.0 Å². The highest BCUT2D eigenvalue weighted by Crippen LogP contribution is 2.40. The predicted octanol–water partition coefficient (Wildman–Crippen LogP) is 3.59. The SMILES string of the molecule is CCOc1cc2c(cc1C(=O)NC)C(=N)N(CC(=O)c1cc(N(CC)CCO)c(OC)c(C(C)(C)C)c1)C2. The number of methoxy groups -OCH3 is 1. The van der Waals surface area contributed by atoms with Crippen molar-refractivity contribution < 1.29 is 24.2 Å². The van der Waals surface area contributed by atoms with Gasteiger partial charge in [0.05, 0.1) is 38.1 Å². The molecule has 0 fully saturated rings. The number of aliphatic hydroxyl groups excluding tert-OH is 1. The lowest BCUT2D eigenvalue weighted by atomic mass is 9.84. The number of nitrogens with zero attached hydrogens (tertiary/aromatic N) is 2. The summed E-state index contributed by atoms with van der Waals surface area (Å²) in [5.41, 5.74) is 3.70. The lowest BCUT2D eigenvalue weighted by Crippen LogP contribution is -2.31. The Morgan fingerprint density at radius 3 is 2.45 bits per heavy atom. The first-order valence-corrected chi connectivity index (χ1v) is 13.0. The van der Waals surface area contributed by atoms with Gasteiger partial charge in [0.15, 0.2) is 5.78 Å². The second-order valence-electron chi connectivity index (χ2n) is 10.3. The highest BCUT2D eigenvalue weighted by molar-refractivity contribution is 6.08. The number of amides is 1. The Bertz CT molecular complexity index is 1220. The molecular weight excluding hydrogens is 484 g/mol. The molecule has 3 rings (SSSR count). The number of benzene rings is 2. The van der Waals surface area contributed by atoms with Gasteiger partial charge in [0.1, 0.15) is 17.3 Å². The van der Waals surface area contributed by atoms with E-state index < -0.39 is 0 Å². The maximum atomic E-state index is 13.7. The van der Waals surface area contributed by atoms with E-state index in [1.54, 1.807) is 31.2 Å². The van der Waals surface area contributed by atoms with Crippen LogP contribution in [0.4, 0.5) is 5.69 Å². The molecule has 3 N–H and O–H groups in total. The van der Waals surface area contributed by atoms with Crippen LogP contribution in [0.2, 0.25) is 0 Å². The average molecular weight is 525 g/mol. The van der Waals surface area contributed by atoms with Crippen LogP contribution in [0, 0.1) is 5.41 Å². The van der Waals surface area contributed by atoms with Gasteiger partial charge in [0, 0.05) is 43.4 Å². The molecule has 206 valence electrons. The van der Waals surface area contributed by atoms with E-state index in [1.165, 1.54) is 0 Å². The van der Waals surface area contributed by atoms with E-state index in [-0.39, 0.29) is 36.1 Å². The first-order valence-electron chi connectivity index (χ1n) is 13.0. The summed E-state index contributed by atoms with van der Waals surface area (Å²) >= 11 is 0. The molecule has 0 bridgehead atoms. The largest absolute Gasteiger partial charge is 0.494 e. The number of hydrogen-bond acceptors (Lipinski definition) is 7. The molecule has 0 spiro atoms. The quantitative estimate of drug-likeness (QED) is 0.385. The lowest BCUT2D eigenvalue weighted by molar-refractivity contribution is 0.0953. The Balaban J connectivity index is 1.98. The zero-order valence-corrected chi connectivity index (χ0v) is 23.5. The molecule has 0 saturated heterocycles. The molecule has 2 aromatic carbocycles. The van der Waals surface area contributed by atoms with Crippen LogP contribution >= 0.6 is 0 Å². The van der Waals surface area contributed by atoms with Gasteiger partial charge in [0.25, 0.3) is 5.91 Å². The summed E-state index contributed by atoms with van der Waals surface area (Å²) in [6, 6.07) is 7.16. The van der Waals surface area contributed by atoms with Gasteiger partial charge in [-0.15, -0.1) is 0 Å². The predicted molar refractivity (Wildman–Crippen MR) is 149 cm³/mol. The van der Waals surface area contributed by atoms with Crippen molar-refractivity contribution in [3.05, 3.63) is 52.1 Å². The van der Waals surface area contributed by atoms with Crippen molar-refractivity contribution in [3.8, 4) is 11.5 Å². The van der Waals surface area contributed by atoms with Gasteiger partial charge in [0.2, 0.25) is 0 Å². The van der Waals surface area contributed by atoms with E-state index in [4.69, 9.17) is 14.9 Å². The molecule has 2 aromatic rings. The molecule has 0 aromatic heterocycles. The van der Waals surface area contributed by atoms with Gasteiger partial charge in [-0.1, -0.05) is 20.8 Å². The first-order chi connectivity index (χ1) is 18.0. The summed E-state index contributed by atoms with van der Waals surface area (Å²) in [6.07, 6.45) is 0. The van der Waals surface area contributed by atoms with Crippen molar-refractivity contribution in [2.24, 2.45) is 0 Å². The monoisotopic (exact) mass is 524 g/mol. The summed E-state index contributed by atoms with van der Waals surface area (Å²) in [5, 5.41) is 21.0. The molecule has 1 amide bonds. The Kier molecular flexibility index (Phi) is 9.04. The lowest BCUT2D eigenvalue weighted by Gasteiger charge is -2.30. The Morgan fingerprint density at radius 1 is 1.18 bits per heavy atom. The van der Waals surface area contributed by atoms with E-state index in [0.29, 0.717) is 54.4 Å². The third-order valence-corrected chi connectivity index (χ3v) is 6.74. The third-order valence-electron chi connectivity index (χ3n) is 6.74. The minimum atomic E-state index is -0.294. The number of amidine groups is 1. The summed E-state index contributed by atoms with van der Waals surface area (Å²) in [6.45, 7) is 11.9. The Labute approximate surface area is 225 Å². The number of rotatable bonds is 11. The van der Waals surface area contributed by atoms with Gasteiger partial charge < -0.3 is 29.7 Å². The summed E-state index contributed by atoms with van der Waals surface area (Å²) in [7, 11) is 3.17. The smallest absolute Gasteiger partial charge is 0.254 e. The number of ether oxygens (including phenoxy) is 2. The summed E-state index contributed by atoms with van der Waals surface area (Å²) in [5.74, 6) is 0.929. The highest BCUT2D eigenvalue weighted by atomic mass is 16.5. The van der Waals surface area contributed by atoms with Gasteiger partial charge in [-0.25, -0.2) is 0 Å². The van der Waals surface area contributed by atoms with Crippen LogP contribution in [0.15, 0.2) is 24.3 Å². The van der Waals surface area contributed by atoms with E-state index >= 15 is 0 Å². The second kappa shape index (κ2) is 11.9. The number of ketones is 1. The van der Waals surface area contributed by atoms with Crippen molar-refractivity contribution >= 4 is 23.2 Å². The third kappa shape index (κ3) is 5.78. The molecule has 1 aliphatic rings. The molecule has 0 atom stereocenters. The molecule has 1 heterocycles. The van der Waals surface area contributed by atoms with Crippen LogP contribution < -0.4 is 19.7 Å². The molecule has 0 radical (unpaired) electrons. The average Bonchev–Trinajstić information content (AvgIpc) is 3.18. The number of hydrogen-bond donors (Lipinski definition) is 3. The zero-order valence-electron chi connectivity index (χ0n) is 23.5. The van der Waals surface area contributed by atoms with E-state index in [0.717, 1.165) is 16.8 Å². The molecule has 9 heteroatoms. The fraction of sp³-hybridized carbons (Fsp3) is 0.483. The molecule has 1 aliphatic heterocycles. The van der Waals surface area contributed by atoms with Crippen molar-refractivity contribution in [3.63, 3.8) is 0 Å². The van der Waals surface area contributed by atoms with Crippen LogP contribution in [-0.4, -0.2) is 74.5 Å². The minimum Gasteiger partial charge on any atom is -0.494 e. The van der Waals surface area contributed by atoms with E-state index in [1.807, 2.05) is 30.9 Å². The number of carbonyl (C=O) groups is 2. The topological polar surface area (TPSA) is 115 Å². The Hall–Kier alpha value is -3.59. The number of carbonyl (C=O) groups excluding carboxylic acids is 2. The van der Waals surface area contributed by atoms with Crippen molar-refractivity contribution in [2.75, 3.05) is 51.9 Å². The van der Waals surface area contributed by atoms with Crippen LogP contribution in [0.1, 0.15) is 72.0 Å². The number of likely N-dealkylation sites (N-methyl/N-ethyl adjacent to an activating group) is 1. The number of nitrogens with one attached hydrogen (secondary N) is 2. The molecule has 0 aliphatic carbocycles. The van der Waals surface area contributed by atoms with Gasteiger partial charge in [-0.3, -0.25) is 15.0 Å². The number of aliphatic hydroxyl groups is 1. The van der Waals surface area contributed by atoms with Gasteiger partial charge >= 0.3 is 0 Å². The Morgan fingerprint density at radius 2 is 1.89 bits per heavy atom. The number of fused-ring (bicyclic) bond motifs is 1. The molecular formula is C29H40N4O5. The van der Waals surface area contributed by atoms with Crippen LogP contribution in [0.5, 0.6) is 11.5 Å². The van der Waals surface area contributed by atoms with E-state index in [9.17, 15) is 14.7 Å². The molecule has 0 saturated carbocycles.